The molecule has 0 atom stereocenters. The number of piperazine rings is 1. The van der Waals surface area contributed by atoms with E-state index in [1.54, 1.807) is 10.7 Å². The number of aromatic nitrogens is 3. The lowest BCUT2D eigenvalue weighted by molar-refractivity contribution is -0.132. The third kappa shape index (κ3) is 3.14. The van der Waals surface area contributed by atoms with Crippen LogP contribution < -0.4 is 10.5 Å². The highest BCUT2D eigenvalue weighted by molar-refractivity contribution is 5.86. The maximum absolute atomic E-state index is 12.9. The van der Waals surface area contributed by atoms with Gasteiger partial charge in [-0.05, 0) is 24.3 Å². The molecular weight excluding hydrogens is 366 g/mol. The first-order valence-electron chi connectivity index (χ1n) is 9.74. The molecule has 7 heteroatoms. The van der Waals surface area contributed by atoms with E-state index in [1.807, 2.05) is 53.4 Å². The van der Waals surface area contributed by atoms with Gasteiger partial charge in [-0.3, -0.25) is 14.0 Å². The van der Waals surface area contributed by atoms with Crippen LogP contribution in [0.15, 0.2) is 71.8 Å². The Bertz CT molecular complexity index is 1240. The Balaban J connectivity index is 1.32. The van der Waals surface area contributed by atoms with Crippen LogP contribution in [-0.4, -0.2) is 51.2 Å². The van der Waals surface area contributed by atoms with Gasteiger partial charge in [0.1, 0.15) is 18.4 Å². The molecule has 0 N–H and O–H groups in total. The van der Waals surface area contributed by atoms with Gasteiger partial charge in [0, 0.05) is 37.3 Å². The van der Waals surface area contributed by atoms with E-state index in [9.17, 15) is 9.59 Å². The van der Waals surface area contributed by atoms with Crippen molar-refractivity contribution in [1.82, 2.24) is 19.1 Å². The number of benzene rings is 2. The molecule has 5 rings (SSSR count). The van der Waals surface area contributed by atoms with Crippen LogP contribution in [0.5, 0.6) is 0 Å². The number of amides is 1. The fraction of sp³-hybridized carbons (Fsp3) is 0.227. The topological polar surface area (TPSA) is 62.9 Å². The normalized spacial score (nSPS) is 14.6. The summed E-state index contributed by atoms with van der Waals surface area (Å²) in [5, 5.41) is 5.21. The fourth-order valence-electron chi connectivity index (χ4n) is 3.96. The van der Waals surface area contributed by atoms with Crippen LogP contribution in [0.3, 0.4) is 0 Å². The van der Waals surface area contributed by atoms with Crippen molar-refractivity contribution >= 4 is 28.0 Å². The number of hydrogen-bond acceptors (Lipinski definition) is 4. The Hall–Kier alpha value is -3.61. The number of para-hydroxylation sites is 2. The lowest BCUT2D eigenvalue weighted by atomic mass is 10.2. The summed E-state index contributed by atoms with van der Waals surface area (Å²) < 4.78 is 3.04. The van der Waals surface area contributed by atoms with Crippen molar-refractivity contribution in [3.8, 4) is 0 Å². The van der Waals surface area contributed by atoms with Gasteiger partial charge in [0.25, 0.3) is 5.56 Å². The molecule has 2 aromatic carbocycles. The Morgan fingerprint density at radius 1 is 0.897 bits per heavy atom. The summed E-state index contributed by atoms with van der Waals surface area (Å²) in [5.41, 5.74) is 2.38. The SMILES string of the molecule is O=C(Cn1ncn2c(cc3ccccc32)c1=O)N1CCN(c2ccccc2)CC1. The summed E-state index contributed by atoms with van der Waals surface area (Å²) in [6, 6.07) is 19.8. The average molecular weight is 387 g/mol. The summed E-state index contributed by atoms with van der Waals surface area (Å²) in [7, 11) is 0. The Morgan fingerprint density at radius 3 is 2.41 bits per heavy atom. The van der Waals surface area contributed by atoms with E-state index in [0.29, 0.717) is 18.6 Å². The zero-order valence-corrected chi connectivity index (χ0v) is 15.9. The highest BCUT2D eigenvalue weighted by Gasteiger charge is 2.22. The molecule has 29 heavy (non-hydrogen) atoms. The molecule has 0 bridgehead atoms. The summed E-state index contributed by atoms with van der Waals surface area (Å²) >= 11 is 0. The highest BCUT2D eigenvalue weighted by atomic mass is 16.2. The van der Waals surface area contributed by atoms with Gasteiger partial charge in [-0.25, -0.2) is 4.68 Å². The van der Waals surface area contributed by atoms with Gasteiger partial charge in [0.2, 0.25) is 5.91 Å². The molecule has 0 radical (unpaired) electrons. The lowest BCUT2D eigenvalue weighted by Crippen LogP contribution is -2.50. The largest absolute Gasteiger partial charge is 0.368 e. The van der Waals surface area contributed by atoms with Gasteiger partial charge in [0.15, 0.2) is 0 Å². The zero-order valence-electron chi connectivity index (χ0n) is 15.9. The number of carbonyl (C=O) groups excluding carboxylic acids is 1. The van der Waals surface area contributed by atoms with Crippen LogP contribution >= 0.6 is 0 Å². The van der Waals surface area contributed by atoms with Crippen LogP contribution in [0, 0.1) is 0 Å². The van der Waals surface area contributed by atoms with Crippen molar-refractivity contribution < 1.29 is 4.79 Å². The minimum Gasteiger partial charge on any atom is -0.368 e. The Kier molecular flexibility index (Phi) is 4.27. The van der Waals surface area contributed by atoms with Crippen LogP contribution in [0.4, 0.5) is 5.69 Å². The molecule has 0 aliphatic carbocycles. The number of anilines is 1. The molecular formula is C22H21N5O2. The summed E-state index contributed by atoms with van der Waals surface area (Å²) in [6.45, 7) is 2.80. The van der Waals surface area contributed by atoms with E-state index >= 15 is 0 Å². The minimum atomic E-state index is -0.250. The fourth-order valence-corrected chi connectivity index (χ4v) is 3.96. The molecule has 2 aromatic heterocycles. The third-order valence-electron chi connectivity index (χ3n) is 5.55. The predicted molar refractivity (Wildman–Crippen MR) is 112 cm³/mol. The molecule has 1 aliphatic rings. The standard InChI is InChI=1S/C22H21N5O2/c28-21(25-12-10-24(11-13-25)18-7-2-1-3-8-18)15-27-22(29)20-14-17-6-4-5-9-19(17)26(20)16-23-27/h1-9,14,16H,10-13,15H2. The Labute approximate surface area is 167 Å². The second kappa shape index (κ2) is 7.09. The number of carbonyl (C=O) groups is 1. The number of rotatable bonds is 3. The molecule has 1 saturated heterocycles. The summed E-state index contributed by atoms with van der Waals surface area (Å²) in [5.74, 6) is -0.0761. The van der Waals surface area contributed by atoms with Crippen LogP contribution in [0.25, 0.3) is 16.4 Å². The van der Waals surface area contributed by atoms with Gasteiger partial charge in [-0.1, -0.05) is 36.4 Å². The summed E-state index contributed by atoms with van der Waals surface area (Å²) in [6.07, 6.45) is 1.61. The van der Waals surface area contributed by atoms with Crippen LogP contribution in [0.1, 0.15) is 0 Å². The zero-order chi connectivity index (χ0) is 19.8. The first-order chi connectivity index (χ1) is 14.2. The third-order valence-corrected chi connectivity index (χ3v) is 5.55. The van der Waals surface area contributed by atoms with Crippen molar-refractivity contribution in [1.29, 1.82) is 0 Å². The van der Waals surface area contributed by atoms with E-state index in [0.717, 1.165) is 24.0 Å². The van der Waals surface area contributed by atoms with Crippen LogP contribution in [-0.2, 0) is 11.3 Å². The summed E-state index contributed by atoms with van der Waals surface area (Å²) in [4.78, 5) is 29.7. The van der Waals surface area contributed by atoms with Gasteiger partial charge in [0.05, 0.1) is 5.52 Å². The van der Waals surface area contributed by atoms with E-state index in [2.05, 4.69) is 22.1 Å². The van der Waals surface area contributed by atoms with Gasteiger partial charge < -0.3 is 9.80 Å². The van der Waals surface area contributed by atoms with Crippen molar-refractivity contribution in [2.75, 3.05) is 31.1 Å². The van der Waals surface area contributed by atoms with E-state index in [1.165, 1.54) is 10.4 Å². The number of nitrogens with zero attached hydrogens (tertiary/aromatic N) is 5. The molecule has 1 amide bonds. The van der Waals surface area contributed by atoms with Gasteiger partial charge in [-0.2, -0.15) is 5.10 Å². The van der Waals surface area contributed by atoms with Gasteiger partial charge >= 0.3 is 0 Å². The van der Waals surface area contributed by atoms with E-state index < -0.39 is 0 Å². The molecule has 3 heterocycles. The van der Waals surface area contributed by atoms with Crippen molar-refractivity contribution in [3.05, 3.63) is 77.3 Å². The van der Waals surface area contributed by atoms with Crippen molar-refractivity contribution in [2.24, 2.45) is 0 Å². The van der Waals surface area contributed by atoms with Crippen molar-refractivity contribution in [2.45, 2.75) is 6.54 Å². The lowest BCUT2D eigenvalue weighted by Gasteiger charge is -2.36. The predicted octanol–water partition coefficient (Wildman–Crippen LogP) is 2.00. The molecule has 1 fully saturated rings. The maximum atomic E-state index is 12.9. The quantitative estimate of drug-likeness (QED) is 0.539. The minimum absolute atomic E-state index is 0.0395. The Morgan fingerprint density at radius 2 is 1.62 bits per heavy atom. The highest BCUT2D eigenvalue weighted by Crippen LogP contribution is 2.17. The molecule has 0 unspecified atom stereocenters. The second-order valence-electron chi connectivity index (χ2n) is 7.26. The smallest absolute Gasteiger partial charge is 0.291 e. The molecule has 146 valence electrons. The second-order valence-corrected chi connectivity index (χ2v) is 7.26. The van der Waals surface area contributed by atoms with E-state index in [-0.39, 0.29) is 18.0 Å². The molecule has 7 nitrogen and oxygen atoms in total. The van der Waals surface area contributed by atoms with Gasteiger partial charge in [-0.15, -0.1) is 0 Å². The number of fused-ring (bicyclic) bond motifs is 3. The first kappa shape index (κ1) is 17.5. The first-order valence-corrected chi connectivity index (χ1v) is 9.74. The molecule has 0 spiro atoms. The molecule has 0 saturated carbocycles. The monoisotopic (exact) mass is 387 g/mol. The molecule has 1 aliphatic heterocycles. The number of hydrogen-bond donors (Lipinski definition) is 0. The average Bonchev–Trinajstić information content (AvgIpc) is 3.16. The maximum Gasteiger partial charge on any atom is 0.291 e. The molecule has 4 aromatic rings. The van der Waals surface area contributed by atoms with Crippen molar-refractivity contribution in [3.63, 3.8) is 0 Å². The van der Waals surface area contributed by atoms with E-state index in [4.69, 9.17) is 0 Å². The van der Waals surface area contributed by atoms with Crippen LogP contribution in [0.2, 0.25) is 0 Å².